The molecule has 0 aromatic carbocycles. The van der Waals surface area contributed by atoms with Crippen molar-refractivity contribution in [2.24, 2.45) is 0 Å². The first-order valence-corrected chi connectivity index (χ1v) is 4.11. The molecule has 15 heavy (non-hydrogen) atoms. The SMILES string of the molecule is CC(CC(F)(F)F)NC(=O)c1ncn[nH]1. The molecule has 1 rings (SSSR count). The van der Waals surface area contributed by atoms with E-state index in [0.717, 1.165) is 6.33 Å². The summed E-state index contributed by atoms with van der Waals surface area (Å²) in [5, 5.41) is 7.80. The summed E-state index contributed by atoms with van der Waals surface area (Å²) in [6.45, 7) is 1.27. The van der Waals surface area contributed by atoms with Crippen molar-refractivity contribution < 1.29 is 18.0 Å². The van der Waals surface area contributed by atoms with Crippen LogP contribution in [-0.2, 0) is 0 Å². The second-order valence-corrected chi connectivity index (χ2v) is 3.03. The third kappa shape index (κ3) is 3.96. The number of carbonyl (C=O) groups is 1. The standard InChI is InChI=1S/C7H9F3N4O/c1-4(2-7(8,9)10)13-6(15)5-11-3-12-14-5/h3-4H,2H2,1H3,(H,13,15)(H,11,12,14). The van der Waals surface area contributed by atoms with Gasteiger partial charge in [0.1, 0.15) is 6.33 Å². The third-order valence-corrected chi connectivity index (χ3v) is 1.55. The molecular formula is C7H9F3N4O. The van der Waals surface area contributed by atoms with Crippen LogP contribution in [0.1, 0.15) is 24.0 Å². The van der Waals surface area contributed by atoms with E-state index in [9.17, 15) is 18.0 Å². The Morgan fingerprint density at radius 2 is 2.33 bits per heavy atom. The van der Waals surface area contributed by atoms with Gasteiger partial charge in [-0.05, 0) is 6.92 Å². The molecule has 1 aromatic rings. The van der Waals surface area contributed by atoms with Gasteiger partial charge in [-0.15, -0.1) is 0 Å². The van der Waals surface area contributed by atoms with Gasteiger partial charge in [-0.1, -0.05) is 0 Å². The molecule has 0 radical (unpaired) electrons. The number of amides is 1. The Bertz CT molecular complexity index is 321. The first-order valence-electron chi connectivity index (χ1n) is 4.11. The van der Waals surface area contributed by atoms with Gasteiger partial charge in [-0.3, -0.25) is 9.89 Å². The van der Waals surface area contributed by atoms with Crippen LogP contribution in [0.3, 0.4) is 0 Å². The summed E-state index contributed by atoms with van der Waals surface area (Å²) in [6, 6.07) is -0.998. The fraction of sp³-hybridized carbons (Fsp3) is 0.571. The highest BCUT2D eigenvalue weighted by Gasteiger charge is 2.30. The number of alkyl halides is 3. The Hall–Kier alpha value is -1.60. The second kappa shape index (κ2) is 4.28. The molecular weight excluding hydrogens is 213 g/mol. The minimum Gasteiger partial charge on any atom is -0.347 e. The number of aromatic amines is 1. The topological polar surface area (TPSA) is 70.7 Å². The van der Waals surface area contributed by atoms with E-state index < -0.39 is 24.5 Å². The molecule has 1 aromatic heterocycles. The van der Waals surface area contributed by atoms with Crippen molar-refractivity contribution in [3.05, 3.63) is 12.2 Å². The van der Waals surface area contributed by atoms with Gasteiger partial charge in [0.15, 0.2) is 0 Å². The molecule has 8 heteroatoms. The van der Waals surface area contributed by atoms with Crippen LogP contribution in [0.2, 0.25) is 0 Å². The minimum absolute atomic E-state index is 0.107. The third-order valence-electron chi connectivity index (χ3n) is 1.55. The predicted octanol–water partition coefficient (Wildman–Crippen LogP) is 0.875. The summed E-state index contributed by atoms with van der Waals surface area (Å²) in [5.74, 6) is -0.812. The average Bonchev–Trinajstić information content (AvgIpc) is 2.50. The van der Waals surface area contributed by atoms with E-state index in [0.29, 0.717) is 0 Å². The molecule has 1 amide bonds. The number of rotatable bonds is 3. The van der Waals surface area contributed by atoms with Crippen molar-refractivity contribution in [1.29, 1.82) is 0 Å². The lowest BCUT2D eigenvalue weighted by molar-refractivity contribution is -0.138. The summed E-state index contributed by atoms with van der Waals surface area (Å²) >= 11 is 0. The van der Waals surface area contributed by atoms with Crippen LogP contribution in [0.5, 0.6) is 0 Å². The highest BCUT2D eigenvalue weighted by atomic mass is 19.4. The first kappa shape index (κ1) is 11.5. The molecule has 0 aliphatic heterocycles. The number of hydrogen-bond donors (Lipinski definition) is 2. The first-order chi connectivity index (χ1) is 6.88. The lowest BCUT2D eigenvalue weighted by Crippen LogP contribution is -2.36. The molecule has 0 spiro atoms. The van der Waals surface area contributed by atoms with Crippen molar-refractivity contribution >= 4 is 5.91 Å². The number of aromatic nitrogens is 3. The second-order valence-electron chi connectivity index (χ2n) is 3.03. The van der Waals surface area contributed by atoms with Crippen LogP contribution < -0.4 is 5.32 Å². The maximum atomic E-state index is 11.9. The van der Waals surface area contributed by atoms with Gasteiger partial charge in [-0.25, -0.2) is 4.98 Å². The van der Waals surface area contributed by atoms with Crippen LogP contribution in [-0.4, -0.2) is 33.3 Å². The number of H-pyrrole nitrogens is 1. The largest absolute Gasteiger partial charge is 0.391 e. The zero-order valence-corrected chi connectivity index (χ0v) is 7.80. The van der Waals surface area contributed by atoms with Gasteiger partial charge >= 0.3 is 6.18 Å². The highest BCUT2D eigenvalue weighted by molar-refractivity contribution is 5.90. The summed E-state index contributed by atoms with van der Waals surface area (Å²) < 4.78 is 35.7. The molecule has 0 saturated heterocycles. The molecule has 5 nitrogen and oxygen atoms in total. The summed E-state index contributed by atoms with van der Waals surface area (Å²) in [5.41, 5.74) is 0. The Labute approximate surface area is 83.1 Å². The fourth-order valence-corrected chi connectivity index (χ4v) is 1.01. The lowest BCUT2D eigenvalue weighted by Gasteiger charge is -2.14. The summed E-state index contributed by atoms with van der Waals surface area (Å²) in [7, 11) is 0. The smallest absolute Gasteiger partial charge is 0.347 e. The van der Waals surface area contributed by atoms with Crippen LogP contribution >= 0.6 is 0 Å². The Kier molecular flexibility index (Phi) is 3.28. The molecule has 1 heterocycles. The molecule has 1 atom stereocenters. The Morgan fingerprint density at radius 1 is 1.67 bits per heavy atom. The highest BCUT2D eigenvalue weighted by Crippen LogP contribution is 2.21. The fourth-order valence-electron chi connectivity index (χ4n) is 1.01. The van der Waals surface area contributed by atoms with E-state index >= 15 is 0 Å². The van der Waals surface area contributed by atoms with E-state index in [2.05, 4.69) is 20.5 Å². The lowest BCUT2D eigenvalue weighted by atomic mass is 10.2. The predicted molar refractivity (Wildman–Crippen MR) is 44.0 cm³/mol. The number of halogens is 3. The van der Waals surface area contributed by atoms with E-state index in [1.54, 1.807) is 0 Å². The van der Waals surface area contributed by atoms with E-state index in [-0.39, 0.29) is 5.82 Å². The van der Waals surface area contributed by atoms with Gasteiger partial charge in [0.2, 0.25) is 5.82 Å². The van der Waals surface area contributed by atoms with Crippen molar-refractivity contribution in [2.45, 2.75) is 25.6 Å². The van der Waals surface area contributed by atoms with Crippen molar-refractivity contribution in [2.75, 3.05) is 0 Å². The quantitative estimate of drug-likeness (QED) is 0.797. The Balaban J connectivity index is 2.45. The number of nitrogens with zero attached hydrogens (tertiary/aromatic N) is 2. The molecule has 1 unspecified atom stereocenters. The summed E-state index contributed by atoms with van der Waals surface area (Å²) in [4.78, 5) is 14.7. The van der Waals surface area contributed by atoms with Crippen molar-refractivity contribution in [1.82, 2.24) is 20.5 Å². The number of nitrogens with one attached hydrogen (secondary N) is 2. The van der Waals surface area contributed by atoms with Crippen LogP contribution in [0.4, 0.5) is 13.2 Å². The average molecular weight is 222 g/mol. The van der Waals surface area contributed by atoms with E-state index in [4.69, 9.17) is 0 Å². The zero-order chi connectivity index (χ0) is 11.5. The van der Waals surface area contributed by atoms with Crippen LogP contribution in [0.15, 0.2) is 6.33 Å². The van der Waals surface area contributed by atoms with Gasteiger partial charge in [-0.2, -0.15) is 18.3 Å². The molecule has 84 valence electrons. The van der Waals surface area contributed by atoms with Gasteiger partial charge < -0.3 is 5.32 Å². The molecule has 0 fully saturated rings. The molecule has 0 aliphatic carbocycles. The molecule has 0 saturated carbocycles. The maximum absolute atomic E-state index is 11.9. The monoisotopic (exact) mass is 222 g/mol. The number of carbonyl (C=O) groups excluding carboxylic acids is 1. The van der Waals surface area contributed by atoms with Crippen molar-refractivity contribution in [3.8, 4) is 0 Å². The molecule has 2 N–H and O–H groups in total. The molecule has 0 bridgehead atoms. The molecule has 0 aliphatic rings. The maximum Gasteiger partial charge on any atom is 0.391 e. The number of hydrogen-bond acceptors (Lipinski definition) is 3. The zero-order valence-electron chi connectivity index (χ0n) is 7.80. The van der Waals surface area contributed by atoms with Crippen molar-refractivity contribution in [3.63, 3.8) is 0 Å². The van der Waals surface area contributed by atoms with Gasteiger partial charge in [0, 0.05) is 6.04 Å². The van der Waals surface area contributed by atoms with Gasteiger partial charge in [0.25, 0.3) is 5.91 Å². The van der Waals surface area contributed by atoms with Crippen LogP contribution in [0, 0.1) is 0 Å². The minimum atomic E-state index is -4.30. The Morgan fingerprint density at radius 3 is 2.80 bits per heavy atom. The normalized spacial score (nSPS) is 13.6. The summed E-state index contributed by atoms with van der Waals surface area (Å²) in [6.07, 6.45) is -4.27. The van der Waals surface area contributed by atoms with Crippen LogP contribution in [0.25, 0.3) is 0 Å². The van der Waals surface area contributed by atoms with E-state index in [1.807, 2.05) is 0 Å². The van der Waals surface area contributed by atoms with E-state index in [1.165, 1.54) is 6.92 Å². The van der Waals surface area contributed by atoms with Gasteiger partial charge in [0.05, 0.1) is 6.42 Å².